The molecule has 0 saturated carbocycles. The second-order valence-corrected chi connectivity index (χ2v) is 4.77. The lowest BCUT2D eigenvalue weighted by Gasteiger charge is -2.17. The largest absolute Gasteiger partial charge is 0.495 e. The van der Waals surface area contributed by atoms with Crippen LogP contribution < -0.4 is 10.1 Å². The maximum atomic E-state index is 11.9. The Balaban J connectivity index is 2.81. The van der Waals surface area contributed by atoms with Crippen molar-refractivity contribution in [3.8, 4) is 5.75 Å². The Morgan fingerprint density at radius 3 is 2.59 bits per heavy atom. The van der Waals surface area contributed by atoms with Gasteiger partial charge < -0.3 is 15.2 Å². The van der Waals surface area contributed by atoms with Crippen LogP contribution in [0.3, 0.4) is 0 Å². The zero-order valence-corrected chi connectivity index (χ0v) is 10.7. The molecule has 0 aliphatic heterocycles. The number of carboxylic acid groups (broad SMARTS) is 1. The highest BCUT2D eigenvalue weighted by molar-refractivity contribution is 7.12. The first-order valence-electron chi connectivity index (χ1n) is 5.12. The van der Waals surface area contributed by atoms with Gasteiger partial charge in [-0.05, 0) is 17.4 Å². The number of thiophene rings is 1. The number of hydrogen-bond donors (Lipinski definition) is 2. The molecule has 2 N–H and O–H groups in total. The van der Waals surface area contributed by atoms with Crippen LogP contribution in [0.25, 0.3) is 0 Å². The van der Waals surface area contributed by atoms with Gasteiger partial charge in [-0.3, -0.25) is 4.79 Å². The summed E-state index contributed by atoms with van der Waals surface area (Å²) in [7, 11) is 1.47. The first-order valence-corrected chi connectivity index (χ1v) is 6.00. The van der Waals surface area contributed by atoms with E-state index in [1.54, 1.807) is 25.3 Å². The van der Waals surface area contributed by atoms with Crippen molar-refractivity contribution in [2.75, 3.05) is 7.11 Å². The van der Waals surface area contributed by atoms with Crippen LogP contribution in [0, 0.1) is 5.92 Å². The van der Waals surface area contributed by atoms with E-state index in [4.69, 9.17) is 9.84 Å². The average Bonchev–Trinajstić information content (AvgIpc) is 2.72. The van der Waals surface area contributed by atoms with Crippen LogP contribution >= 0.6 is 11.3 Å². The number of methoxy groups -OCH3 is 1. The molecule has 1 rings (SSSR count). The molecule has 94 valence electrons. The van der Waals surface area contributed by atoms with Crippen molar-refractivity contribution in [2.45, 2.75) is 19.9 Å². The van der Waals surface area contributed by atoms with Crippen molar-refractivity contribution in [2.24, 2.45) is 5.92 Å². The SMILES string of the molecule is COc1ccsc1C(=O)NC(C(=O)O)C(C)C. The molecular formula is C11H15NO4S. The summed E-state index contributed by atoms with van der Waals surface area (Å²) in [5.74, 6) is -1.18. The van der Waals surface area contributed by atoms with Gasteiger partial charge in [0.25, 0.3) is 5.91 Å². The monoisotopic (exact) mass is 257 g/mol. The van der Waals surface area contributed by atoms with E-state index < -0.39 is 17.9 Å². The van der Waals surface area contributed by atoms with Crippen molar-refractivity contribution in [1.29, 1.82) is 0 Å². The van der Waals surface area contributed by atoms with Crippen LogP contribution in [0.4, 0.5) is 0 Å². The molecule has 5 nitrogen and oxygen atoms in total. The fraction of sp³-hybridized carbons (Fsp3) is 0.455. The van der Waals surface area contributed by atoms with Gasteiger partial charge in [0, 0.05) is 0 Å². The molecule has 1 unspecified atom stereocenters. The van der Waals surface area contributed by atoms with E-state index >= 15 is 0 Å². The molecule has 0 aromatic carbocycles. The van der Waals surface area contributed by atoms with Crippen molar-refractivity contribution in [1.82, 2.24) is 5.32 Å². The molecule has 0 bridgehead atoms. The number of carbonyl (C=O) groups is 2. The highest BCUT2D eigenvalue weighted by atomic mass is 32.1. The van der Waals surface area contributed by atoms with Gasteiger partial charge in [0.15, 0.2) is 0 Å². The molecule has 0 aliphatic rings. The minimum Gasteiger partial charge on any atom is -0.495 e. The number of nitrogens with one attached hydrogen (secondary N) is 1. The summed E-state index contributed by atoms with van der Waals surface area (Å²) in [4.78, 5) is 23.2. The molecule has 0 saturated heterocycles. The second kappa shape index (κ2) is 5.67. The van der Waals surface area contributed by atoms with Gasteiger partial charge in [-0.2, -0.15) is 0 Å². The third-order valence-electron chi connectivity index (χ3n) is 2.27. The first kappa shape index (κ1) is 13.5. The molecule has 0 aliphatic carbocycles. The molecular weight excluding hydrogens is 242 g/mol. The first-order chi connectivity index (χ1) is 7.97. The van der Waals surface area contributed by atoms with Gasteiger partial charge in [0.05, 0.1) is 7.11 Å². The molecule has 1 heterocycles. The van der Waals surface area contributed by atoms with Crippen LogP contribution in [-0.2, 0) is 4.79 Å². The van der Waals surface area contributed by atoms with Crippen LogP contribution in [0.2, 0.25) is 0 Å². The Kier molecular flexibility index (Phi) is 4.51. The lowest BCUT2D eigenvalue weighted by atomic mass is 10.0. The fourth-order valence-corrected chi connectivity index (χ4v) is 2.11. The standard InChI is InChI=1S/C11H15NO4S/c1-6(2)8(11(14)15)12-10(13)9-7(16-3)4-5-17-9/h4-6,8H,1-3H3,(H,12,13)(H,14,15). The summed E-state index contributed by atoms with van der Waals surface area (Å²) in [5, 5.41) is 13.2. The molecule has 0 radical (unpaired) electrons. The molecule has 1 amide bonds. The summed E-state index contributed by atoms with van der Waals surface area (Å²) in [6.45, 7) is 3.48. The van der Waals surface area contributed by atoms with E-state index in [0.717, 1.165) is 0 Å². The summed E-state index contributed by atoms with van der Waals surface area (Å²) in [6, 6.07) is 0.777. The van der Waals surface area contributed by atoms with E-state index in [2.05, 4.69) is 5.32 Å². The summed E-state index contributed by atoms with van der Waals surface area (Å²) in [5.41, 5.74) is 0. The normalized spacial score (nSPS) is 12.2. The van der Waals surface area contributed by atoms with Crippen molar-refractivity contribution < 1.29 is 19.4 Å². The zero-order valence-electron chi connectivity index (χ0n) is 9.89. The molecule has 0 spiro atoms. The molecule has 6 heteroatoms. The third-order valence-corrected chi connectivity index (χ3v) is 3.17. The molecule has 17 heavy (non-hydrogen) atoms. The van der Waals surface area contributed by atoms with Crippen LogP contribution in [0.5, 0.6) is 5.75 Å². The van der Waals surface area contributed by atoms with Crippen LogP contribution in [-0.4, -0.2) is 30.1 Å². The molecule has 1 aromatic rings. The van der Waals surface area contributed by atoms with E-state index in [-0.39, 0.29) is 5.92 Å². The van der Waals surface area contributed by atoms with Gasteiger partial charge in [0.1, 0.15) is 16.7 Å². The number of hydrogen-bond acceptors (Lipinski definition) is 4. The zero-order chi connectivity index (χ0) is 13.0. The predicted molar refractivity (Wildman–Crippen MR) is 64.6 cm³/mol. The van der Waals surface area contributed by atoms with Gasteiger partial charge in [-0.1, -0.05) is 13.8 Å². The van der Waals surface area contributed by atoms with Crippen molar-refractivity contribution in [3.05, 3.63) is 16.3 Å². The average molecular weight is 257 g/mol. The summed E-state index contributed by atoms with van der Waals surface area (Å²) in [6.07, 6.45) is 0. The van der Waals surface area contributed by atoms with Crippen molar-refractivity contribution >= 4 is 23.2 Å². The number of carbonyl (C=O) groups excluding carboxylic acids is 1. The van der Waals surface area contributed by atoms with E-state index in [0.29, 0.717) is 10.6 Å². The molecule has 1 atom stereocenters. The number of rotatable bonds is 5. The van der Waals surface area contributed by atoms with E-state index in [9.17, 15) is 9.59 Å². The van der Waals surface area contributed by atoms with E-state index in [1.807, 2.05) is 0 Å². The van der Waals surface area contributed by atoms with Gasteiger partial charge in [-0.25, -0.2) is 4.79 Å². The minimum absolute atomic E-state index is 0.178. The lowest BCUT2D eigenvalue weighted by molar-refractivity contribution is -0.140. The minimum atomic E-state index is -1.04. The predicted octanol–water partition coefficient (Wildman–Crippen LogP) is 1.60. The quantitative estimate of drug-likeness (QED) is 0.840. The highest BCUT2D eigenvalue weighted by Gasteiger charge is 2.25. The number of amides is 1. The van der Waals surface area contributed by atoms with Gasteiger partial charge >= 0.3 is 5.97 Å². The van der Waals surface area contributed by atoms with Crippen LogP contribution in [0.1, 0.15) is 23.5 Å². The summed E-state index contributed by atoms with van der Waals surface area (Å²) < 4.78 is 5.01. The highest BCUT2D eigenvalue weighted by Crippen LogP contribution is 2.24. The Bertz CT molecular complexity index is 413. The number of carboxylic acids is 1. The molecule has 1 aromatic heterocycles. The summed E-state index contributed by atoms with van der Waals surface area (Å²) >= 11 is 1.22. The Morgan fingerprint density at radius 1 is 1.47 bits per heavy atom. The topological polar surface area (TPSA) is 75.6 Å². The maximum Gasteiger partial charge on any atom is 0.326 e. The number of aliphatic carboxylic acids is 1. The maximum absolute atomic E-state index is 11.9. The lowest BCUT2D eigenvalue weighted by Crippen LogP contribution is -2.44. The van der Waals surface area contributed by atoms with E-state index in [1.165, 1.54) is 18.4 Å². The van der Waals surface area contributed by atoms with Gasteiger partial charge in [-0.15, -0.1) is 11.3 Å². The Morgan fingerprint density at radius 2 is 2.12 bits per heavy atom. The second-order valence-electron chi connectivity index (χ2n) is 3.85. The number of ether oxygens (including phenoxy) is 1. The molecule has 0 fully saturated rings. The Labute approximate surface area is 103 Å². The van der Waals surface area contributed by atoms with Crippen molar-refractivity contribution in [3.63, 3.8) is 0 Å². The van der Waals surface area contributed by atoms with Crippen LogP contribution in [0.15, 0.2) is 11.4 Å². The smallest absolute Gasteiger partial charge is 0.326 e. The van der Waals surface area contributed by atoms with Gasteiger partial charge in [0.2, 0.25) is 0 Å². The fourth-order valence-electron chi connectivity index (χ4n) is 1.34. The third kappa shape index (κ3) is 3.20. The Hall–Kier alpha value is -1.56.